The fourth-order valence-electron chi connectivity index (χ4n) is 5.50. The van der Waals surface area contributed by atoms with Gasteiger partial charge in [0.1, 0.15) is 17.6 Å². The second-order valence-corrected chi connectivity index (χ2v) is 11.2. The maximum atomic E-state index is 13.7. The lowest BCUT2D eigenvalue weighted by Crippen LogP contribution is -2.29. The Kier molecular flexibility index (Phi) is 6.26. The largest absolute Gasteiger partial charge is 0.507 e. The lowest BCUT2D eigenvalue weighted by atomic mass is 9.94. The molecule has 0 unspecified atom stereocenters. The van der Waals surface area contributed by atoms with Crippen molar-refractivity contribution in [1.82, 2.24) is 4.98 Å². The molecule has 1 aromatic heterocycles. The normalized spacial score (nSPS) is 19.8. The molecule has 2 atom stereocenters. The number of nitrogens with zero attached hydrogens (tertiary/aromatic N) is 2. The third-order valence-electron chi connectivity index (χ3n) is 7.24. The Hall–Kier alpha value is -4.37. The van der Waals surface area contributed by atoms with E-state index in [4.69, 9.17) is 14.5 Å². The molecule has 2 N–H and O–H groups in total. The number of aromatic nitrogens is 1. The first-order chi connectivity index (χ1) is 19.2. The molecule has 9 heteroatoms. The number of rotatable bonds is 5. The van der Waals surface area contributed by atoms with Crippen LogP contribution in [0.25, 0.3) is 16.0 Å². The van der Waals surface area contributed by atoms with Gasteiger partial charge in [-0.25, -0.2) is 4.98 Å². The minimum atomic E-state index is -0.995. The van der Waals surface area contributed by atoms with Gasteiger partial charge in [-0.3, -0.25) is 14.5 Å². The first kappa shape index (κ1) is 25.9. The summed E-state index contributed by atoms with van der Waals surface area (Å²) >= 11 is 1.31. The van der Waals surface area contributed by atoms with Crippen LogP contribution in [-0.2, 0) is 16.0 Å². The number of aliphatic hydroxyl groups is 1. The summed E-state index contributed by atoms with van der Waals surface area (Å²) in [5, 5.41) is 22.3. The predicted molar refractivity (Wildman–Crippen MR) is 153 cm³/mol. The molecular weight excluding hydrogens is 528 g/mol. The zero-order valence-electron chi connectivity index (χ0n) is 22.5. The van der Waals surface area contributed by atoms with Crippen LogP contribution in [0, 0.1) is 13.8 Å². The quantitative estimate of drug-likeness (QED) is 0.177. The van der Waals surface area contributed by atoms with Gasteiger partial charge in [0.25, 0.3) is 5.78 Å². The van der Waals surface area contributed by atoms with E-state index in [0.29, 0.717) is 29.3 Å². The van der Waals surface area contributed by atoms with E-state index in [9.17, 15) is 19.8 Å². The molecule has 6 rings (SSSR count). The van der Waals surface area contributed by atoms with Gasteiger partial charge in [-0.1, -0.05) is 23.5 Å². The van der Waals surface area contributed by atoms with Crippen LogP contribution in [0.4, 0.5) is 5.13 Å². The highest BCUT2D eigenvalue weighted by Gasteiger charge is 2.48. The number of benzene rings is 3. The molecule has 0 aliphatic carbocycles. The van der Waals surface area contributed by atoms with Crippen molar-refractivity contribution in [3.05, 3.63) is 81.9 Å². The molecule has 1 fully saturated rings. The molecule has 1 saturated heterocycles. The first-order valence-corrected chi connectivity index (χ1v) is 13.9. The highest BCUT2D eigenvalue weighted by Crippen LogP contribution is 2.46. The number of fused-ring (bicyclic) bond motifs is 2. The van der Waals surface area contributed by atoms with E-state index < -0.39 is 17.7 Å². The van der Waals surface area contributed by atoms with E-state index in [1.807, 2.05) is 32.9 Å². The molecule has 8 nitrogen and oxygen atoms in total. The summed E-state index contributed by atoms with van der Waals surface area (Å²) in [6.45, 7) is 8.02. The number of hydrogen-bond acceptors (Lipinski definition) is 8. The molecule has 0 saturated carbocycles. The highest BCUT2D eigenvalue weighted by molar-refractivity contribution is 7.22. The van der Waals surface area contributed by atoms with Crippen LogP contribution in [0.15, 0.2) is 54.1 Å². The summed E-state index contributed by atoms with van der Waals surface area (Å²) in [5.74, 6) is -1.00. The second kappa shape index (κ2) is 9.67. The molecule has 0 radical (unpaired) electrons. The predicted octanol–water partition coefficient (Wildman–Crippen LogP) is 5.97. The number of thiazole rings is 1. The summed E-state index contributed by atoms with van der Waals surface area (Å²) in [6, 6.07) is 12.9. The molecule has 204 valence electrons. The van der Waals surface area contributed by atoms with Crippen molar-refractivity contribution < 1.29 is 29.3 Å². The third kappa shape index (κ3) is 4.17. The second-order valence-electron chi connectivity index (χ2n) is 10.2. The van der Waals surface area contributed by atoms with Gasteiger partial charge in [-0.15, -0.1) is 0 Å². The minimum absolute atomic E-state index is 0.0121. The van der Waals surface area contributed by atoms with Gasteiger partial charge in [0.2, 0.25) is 0 Å². The summed E-state index contributed by atoms with van der Waals surface area (Å²) in [5.41, 5.74) is 4.54. The van der Waals surface area contributed by atoms with E-state index in [-0.39, 0.29) is 28.9 Å². The van der Waals surface area contributed by atoms with E-state index in [1.54, 1.807) is 37.3 Å². The number of carbonyl (C=O) groups is 2. The number of anilines is 1. The van der Waals surface area contributed by atoms with Gasteiger partial charge in [-0.05, 0) is 86.3 Å². The van der Waals surface area contributed by atoms with Gasteiger partial charge in [-0.2, -0.15) is 0 Å². The molecule has 2 aliphatic rings. The summed E-state index contributed by atoms with van der Waals surface area (Å²) < 4.78 is 12.3. The number of amides is 1. The Morgan fingerprint density at radius 1 is 1.15 bits per heavy atom. The van der Waals surface area contributed by atoms with Crippen molar-refractivity contribution in [2.24, 2.45) is 0 Å². The van der Waals surface area contributed by atoms with E-state index in [2.05, 4.69) is 0 Å². The molecule has 3 aromatic carbocycles. The zero-order valence-corrected chi connectivity index (χ0v) is 23.3. The van der Waals surface area contributed by atoms with Gasteiger partial charge in [0.05, 0.1) is 28.4 Å². The van der Waals surface area contributed by atoms with Gasteiger partial charge in [0.15, 0.2) is 16.6 Å². The number of hydrogen-bond donors (Lipinski definition) is 2. The van der Waals surface area contributed by atoms with Crippen molar-refractivity contribution in [1.29, 1.82) is 0 Å². The fourth-order valence-corrected chi connectivity index (χ4v) is 6.67. The Bertz CT molecular complexity index is 1740. The van der Waals surface area contributed by atoms with Gasteiger partial charge in [0, 0.05) is 12.0 Å². The van der Waals surface area contributed by atoms with Gasteiger partial charge >= 0.3 is 5.91 Å². The Labute approximate surface area is 235 Å². The summed E-state index contributed by atoms with van der Waals surface area (Å²) in [4.78, 5) is 33.4. The Balaban J connectivity index is 1.56. The van der Waals surface area contributed by atoms with Crippen LogP contribution in [0.5, 0.6) is 17.2 Å². The van der Waals surface area contributed by atoms with Crippen LogP contribution in [-0.4, -0.2) is 39.6 Å². The fraction of sp³-hybridized carbons (Fsp3) is 0.258. The molecule has 0 bridgehead atoms. The van der Waals surface area contributed by atoms with E-state index >= 15 is 0 Å². The van der Waals surface area contributed by atoms with Crippen LogP contribution >= 0.6 is 11.3 Å². The monoisotopic (exact) mass is 556 g/mol. The van der Waals surface area contributed by atoms with Crippen molar-refractivity contribution in [3.63, 3.8) is 0 Å². The maximum Gasteiger partial charge on any atom is 0.301 e. The average molecular weight is 557 g/mol. The third-order valence-corrected chi connectivity index (χ3v) is 8.24. The van der Waals surface area contributed by atoms with Crippen LogP contribution in [0.2, 0.25) is 0 Å². The molecule has 4 aromatic rings. The molecule has 3 heterocycles. The molecular formula is C31H28N2O6S. The Morgan fingerprint density at radius 3 is 2.73 bits per heavy atom. The van der Waals surface area contributed by atoms with E-state index in [0.717, 1.165) is 32.7 Å². The van der Waals surface area contributed by atoms with Crippen molar-refractivity contribution in [2.75, 3.05) is 11.5 Å². The van der Waals surface area contributed by atoms with Crippen molar-refractivity contribution in [2.45, 2.75) is 46.3 Å². The van der Waals surface area contributed by atoms with Crippen LogP contribution in [0.1, 0.15) is 47.7 Å². The summed E-state index contributed by atoms with van der Waals surface area (Å²) in [6.07, 6.45) is 0.687. The molecule has 1 amide bonds. The lowest BCUT2D eigenvalue weighted by molar-refractivity contribution is -0.132. The standard InChI is InChI=1S/C31H28N2O6S/c1-5-38-23-14-18(6-8-21(23)34)27-25(28(35)19-7-9-22-20(13-19)12-17(4)39-22)29(36)30(37)33(27)31-32-26-16(3)10-15(2)11-24(26)40-31/h6-11,13-14,17,27,34-35H,5,12H2,1-4H3/b28-25+/t17-,27+/m1/s1. The SMILES string of the molecule is CCOc1cc([C@H]2/C(=C(\O)c3ccc4c(c3)C[C@@H](C)O4)C(=O)C(=O)N2c2nc3c(C)cc(C)cc3s2)ccc1O. The number of carbonyl (C=O) groups excluding carboxylic acids is 2. The molecule has 2 aliphatic heterocycles. The number of aliphatic hydroxyl groups excluding tert-OH is 1. The Morgan fingerprint density at radius 2 is 1.95 bits per heavy atom. The number of Topliss-reactive ketones (excluding diaryl/α,β-unsaturated/α-hetero) is 1. The number of phenols is 1. The number of ketones is 1. The number of aromatic hydroxyl groups is 1. The topological polar surface area (TPSA) is 109 Å². The summed E-state index contributed by atoms with van der Waals surface area (Å²) in [7, 11) is 0. The first-order valence-electron chi connectivity index (χ1n) is 13.1. The smallest absolute Gasteiger partial charge is 0.301 e. The van der Waals surface area contributed by atoms with Gasteiger partial charge < -0.3 is 19.7 Å². The van der Waals surface area contributed by atoms with Crippen molar-refractivity contribution >= 4 is 44.1 Å². The number of ether oxygens (including phenoxy) is 2. The lowest BCUT2D eigenvalue weighted by Gasteiger charge is -2.23. The average Bonchev–Trinajstić information content (AvgIpc) is 3.57. The maximum absolute atomic E-state index is 13.7. The molecule has 40 heavy (non-hydrogen) atoms. The zero-order chi connectivity index (χ0) is 28.3. The minimum Gasteiger partial charge on any atom is -0.507 e. The van der Waals surface area contributed by atoms with Crippen LogP contribution in [0.3, 0.4) is 0 Å². The number of phenolic OH excluding ortho intramolecular Hbond substituents is 1. The van der Waals surface area contributed by atoms with E-state index in [1.165, 1.54) is 22.3 Å². The van der Waals surface area contributed by atoms with Crippen LogP contribution < -0.4 is 14.4 Å². The van der Waals surface area contributed by atoms with Crippen molar-refractivity contribution in [3.8, 4) is 17.2 Å². The number of aryl methyl sites for hydroxylation is 2. The highest BCUT2D eigenvalue weighted by atomic mass is 32.1. The molecule has 0 spiro atoms.